The van der Waals surface area contributed by atoms with Crippen molar-refractivity contribution in [3.63, 3.8) is 0 Å². The Hall–Kier alpha value is -3.96. The number of rotatable bonds is 5. The predicted molar refractivity (Wildman–Crippen MR) is 107 cm³/mol. The molecule has 5 N–H and O–H groups in total. The Bertz CT molecular complexity index is 1110. The number of benzene rings is 2. The van der Waals surface area contributed by atoms with Gasteiger partial charge in [-0.2, -0.15) is 5.26 Å². The third-order valence-electron chi connectivity index (χ3n) is 3.95. The summed E-state index contributed by atoms with van der Waals surface area (Å²) in [5.41, 5.74) is 7.71. The highest BCUT2D eigenvalue weighted by Gasteiger charge is 2.14. The fourth-order valence-electron chi connectivity index (χ4n) is 2.57. The molecule has 2 aromatic carbocycles. The maximum atomic E-state index is 12.4. The normalized spacial score (nSPS) is 10.2. The molecule has 140 valence electrons. The van der Waals surface area contributed by atoms with Gasteiger partial charge in [0.25, 0.3) is 5.56 Å². The Kier molecular flexibility index (Phi) is 5.48. The van der Waals surface area contributed by atoms with Crippen LogP contribution in [0.25, 0.3) is 11.3 Å². The van der Waals surface area contributed by atoms with Crippen LogP contribution in [0, 0.1) is 18.3 Å². The molecule has 8 nitrogen and oxygen atoms in total. The van der Waals surface area contributed by atoms with Gasteiger partial charge in [-0.05, 0) is 31.2 Å². The second-order valence-electron chi connectivity index (χ2n) is 6.07. The van der Waals surface area contributed by atoms with E-state index in [4.69, 9.17) is 5.73 Å². The zero-order valence-electron chi connectivity index (χ0n) is 15.1. The second-order valence-corrected chi connectivity index (χ2v) is 6.07. The standard InChI is InChI=1S/C20H18N6O2/c1-12-5-7-14(8-6-12)24-20-25-18(16(10-21)19(28)26-20)13-3-2-4-15(9-13)23-17(27)11-22/h2-9H,11,22H2,1H3,(H,23,27)(H2,24,25,26,28). The molecule has 1 amide bonds. The van der Waals surface area contributed by atoms with Crippen molar-refractivity contribution in [2.45, 2.75) is 6.92 Å². The molecule has 0 fully saturated rings. The summed E-state index contributed by atoms with van der Waals surface area (Å²) in [5.74, 6) is -0.141. The van der Waals surface area contributed by atoms with E-state index in [2.05, 4.69) is 20.6 Å². The highest BCUT2D eigenvalue weighted by molar-refractivity contribution is 5.92. The minimum absolute atomic E-state index is 0.114. The lowest BCUT2D eigenvalue weighted by atomic mass is 10.1. The number of hydrogen-bond acceptors (Lipinski definition) is 6. The lowest BCUT2D eigenvalue weighted by Crippen LogP contribution is -2.21. The van der Waals surface area contributed by atoms with Gasteiger partial charge in [0.1, 0.15) is 11.6 Å². The van der Waals surface area contributed by atoms with E-state index in [0.29, 0.717) is 11.3 Å². The Morgan fingerprint density at radius 2 is 1.96 bits per heavy atom. The van der Waals surface area contributed by atoms with E-state index in [0.717, 1.165) is 11.3 Å². The first-order valence-electron chi connectivity index (χ1n) is 8.48. The summed E-state index contributed by atoms with van der Waals surface area (Å²) in [6.45, 7) is 1.82. The van der Waals surface area contributed by atoms with Crippen LogP contribution in [0.15, 0.2) is 53.3 Å². The molecule has 0 saturated carbocycles. The maximum Gasteiger partial charge on any atom is 0.270 e. The molecular formula is C20H18N6O2. The third-order valence-corrected chi connectivity index (χ3v) is 3.95. The number of hydrogen-bond donors (Lipinski definition) is 4. The van der Waals surface area contributed by atoms with Crippen molar-refractivity contribution in [1.82, 2.24) is 9.97 Å². The molecule has 0 aliphatic carbocycles. The highest BCUT2D eigenvalue weighted by Crippen LogP contribution is 2.24. The van der Waals surface area contributed by atoms with Gasteiger partial charge in [-0.3, -0.25) is 14.6 Å². The highest BCUT2D eigenvalue weighted by atomic mass is 16.1. The summed E-state index contributed by atoms with van der Waals surface area (Å²) >= 11 is 0. The number of aryl methyl sites for hydroxylation is 1. The van der Waals surface area contributed by atoms with Crippen molar-refractivity contribution in [3.8, 4) is 17.3 Å². The summed E-state index contributed by atoms with van der Waals surface area (Å²) < 4.78 is 0. The van der Waals surface area contributed by atoms with Crippen LogP contribution < -0.4 is 21.9 Å². The van der Waals surface area contributed by atoms with Gasteiger partial charge in [-0.25, -0.2) is 4.98 Å². The molecule has 0 bridgehead atoms. The third kappa shape index (κ3) is 4.23. The van der Waals surface area contributed by atoms with Crippen molar-refractivity contribution >= 4 is 23.2 Å². The van der Waals surface area contributed by atoms with Crippen LogP contribution in [-0.2, 0) is 4.79 Å². The van der Waals surface area contributed by atoms with Crippen molar-refractivity contribution in [2.75, 3.05) is 17.2 Å². The van der Waals surface area contributed by atoms with Crippen LogP contribution in [0.4, 0.5) is 17.3 Å². The lowest BCUT2D eigenvalue weighted by Gasteiger charge is -2.10. The smallest absolute Gasteiger partial charge is 0.270 e. The van der Waals surface area contributed by atoms with Crippen LogP contribution >= 0.6 is 0 Å². The summed E-state index contributed by atoms with van der Waals surface area (Å²) in [4.78, 5) is 30.9. The average molecular weight is 374 g/mol. The average Bonchev–Trinajstić information content (AvgIpc) is 2.69. The molecule has 1 heterocycles. The number of aromatic amines is 1. The number of H-pyrrole nitrogens is 1. The van der Waals surface area contributed by atoms with Gasteiger partial charge in [-0.15, -0.1) is 0 Å². The van der Waals surface area contributed by atoms with Crippen LogP contribution in [0.3, 0.4) is 0 Å². The molecule has 0 aliphatic heterocycles. The van der Waals surface area contributed by atoms with Gasteiger partial charge in [0.2, 0.25) is 11.9 Å². The van der Waals surface area contributed by atoms with Gasteiger partial charge in [0, 0.05) is 16.9 Å². The molecule has 0 radical (unpaired) electrons. The number of nitrogens with zero attached hydrogens (tertiary/aromatic N) is 2. The number of carbonyl (C=O) groups excluding carboxylic acids is 1. The largest absolute Gasteiger partial charge is 0.326 e. The van der Waals surface area contributed by atoms with E-state index < -0.39 is 5.56 Å². The first-order valence-corrected chi connectivity index (χ1v) is 8.48. The molecule has 3 rings (SSSR count). The minimum Gasteiger partial charge on any atom is -0.326 e. The topological polar surface area (TPSA) is 137 Å². The van der Waals surface area contributed by atoms with Crippen LogP contribution in [0.1, 0.15) is 11.1 Å². The Balaban J connectivity index is 2.02. The summed E-state index contributed by atoms with van der Waals surface area (Å²) in [6.07, 6.45) is 0. The predicted octanol–water partition coefficient (Wildman–Crippen LogP) is 2.26. The molecular weight excluding hydrogens is 356 g/mol. The monoisotopic (exact) mass is 374 g/mol. The Morgan fingerprint density at radius 1 is 1.21 bits per heavy atom. The summed E-state index contributed by atoms with van der Waals surface area (Å²) in [5, 5.41) is 15.1. The van der Waals surface area contributed by atoms with Crippen molar-refractivity contribution in [2.24, 2.45) is 5.73 Å². The van der Waals surface area contributed by atoms with E-state index >= 15 is 0 Å². The van der Waals surface area contributed by atoms with Gasteiger partial charge in [-0.1, -0.05) is 29.8 Å². The van der Waals surface area contributed by atoms with Gasteiger partial charge in [0.15, 0.2) is 0 Å². The van der Waals surface area contributed by atoms with Gasteiger partial charge < -0.3 is 16.4 Å². The van der Waals surface area contributed by atoms with E-state index in [-0.39, 0.29) is 29.7 Å². The van der Waals surface area contributed by atoms with Crippen molar-refractivity contribution in [1.29, 1.82) is 5.26 Å². The number of carbonyl (C=O) groups is 1. The molecule has 28 heavy (non-hydrogen) atoms. The molecule has 0 unspecified atom stereocenters. The van der Waals surface area contributed by atoms with Crippen LogP contribution in [0.5, 0.6) is 0 Å². The molecule has 3 aromatic rings. The van der Waals surface area contributed by atoms with Crippen LogP contribution in [0.2, 0.25) is 0 Å². The maximum absolute atomic E-state index is 12.4. The molecule has 0 aliphatic rings. The molecule has 0 spiro atoms. The quantitative estimate of drug-likeness (QED) is 0.541. The first kappa shape index (κ1) is 18.8. The molecule has 0 atom stereocenters. The number of nitriles is 1. The van der Waals surface area contributed by atoms with Crippen molar-refractivity contribution in [3.05, 3.63) is 70.0 Å². The van der Waals surface area contributed by atoms with E-state index in [1.807, 2.05) is 37.3 Å². The number of nitrogens with one attached hydrogen (secondary N) is 3. The zero-order chi connectivity index (χ0) is 20.1. The van der Waals surface area contributed by atoms with Gasteiger partial charge >= 0.3 is 0 Å². The van der Waals surface area contributed by atoms with E-state index in [1.165, 1.54) is 0 Å². The lowest BCUT2D eigenvalue weighted by molar-refractivity contribution is -0.114. The number of amides is 1. The zero-order valence-corrected chi connectivity index (χ0v) is 15.1. The van der Waals surface area contributed by atoms with E-state index in [1.54, 1.807) is 24.3 Å². The van der Waals surface area contributed by atoms with E-state index in [9.17, 15) is 14.9 Å². The summed E-state index contributed by atoms with van der Waals surface area (Å²) in [7, 11) is 0. The Labute approximate surface area is 161 Å². The number of aromatic nitrogens is 2. The SMILES string of the molecule is Cc1ccc(Nc2nc(-c3cccc(NC(=O)CN)c3)c(C#N)c(=O)[nH]2)cc1. The molecule has 0 saturated heterocycles. The number of anilines is 3. The van der Waals surface area contributed by atoms with Crippen molar-refractivity contribution < 1.29 is 4.79 Å². The van der Waals surface area contributed by atoms with Gasteiger partial charge in [0.05, 0.1) is 12.2 Å². The second kappa shape index (κ2) is 8.16. The fraction of sp³-hybridized carbons (Fsp3) is 0.100. The van der Waals surface area contributed by atoms with Crippen LogP contribution in [-0.4, -0.2) is 22.4 Å². The fourth-order valence-corrected chi connectivity index (χ4v) is 2.57. The summed E-state index contributed by atoms with van der Waals surface area (Å²) in [6, 6.07) is 16.2. The molecule has 1 aromatic heterocycles. The minimum atomic E-state index is -0.557. The first-order chi connectivity index (χ1) is 13.5. The number of nitrogens with two attached hydrogens (primary N) is 1. The molecule has 8 heteroatoms. The Morgan fingerprint density at radius 3 is 2.64 bits per heavy atom.